The van der Waals surface area contributed by atoms with Gasteiger partial charge in [-0.1, -0.05) is 59.9 Å². The molecule has 1 aromatic heterocycles. The van der Waals surface area contributed by atoms with Gasteiger partial charge in [0.1, 0.15) is 0 Å². The topological polar surface area (TPSA) is 12.9 Å². The minimum atomic E-state index is 0.258. The van der Waals surface area contributed by atoms with Crippen LogP contribution in [0.1, 0.15) is 107 Å². The predicted molar refractivity (Wildman–Crippen MR) is 118 cm³/mol. The third-order valence-corrected chi connectivity index (χ3v) is 8.22. The first-order chi connectivity index (χ1) is 12.8. The molecule has 2 heteroatoms. The minimum absolute atomic E-state index is 0.258. The van der Waals surface area contributed by atoms with Gasteiger partial charge in [-0.2, -0.15) is 0 Å². The van der Waals surface area contributed by atoms with Crippen molar-refractivity contribution in [3.05, 3.63) is 39.2 Å². The lowest BCUT2D eigenvalue weighted by molar-refractivity contribution is 0.331. The molecular formula is C25H35NS. The van der Waals surface area contributed by atoms with E-state index in [-0.39, 0.29) is 10.8 Å². The average Bonchev–Trinajstić information content (AvgIpc) is 3.15. The lowest BCUT2D eigenvalue weighted by atomic mass is 9.62. The summed E-state index contributed by atoms with van der Waals surface area (Å²) in [6.07, 6.45) is 10.4. The first-order valence-corrected chi connectivity index (χ1v) is 11.8. The number of hydrogen-bond acceptors (Lipinski definition) is 2. The highest BCUT2D eigenvalue weighted by atomic mass is 32.1. The van der Waals surface area contributed by atoms with Gasteiger partial charge < -0.3 is 0 Å². The summed E-state index contributed by atoms with van der Waals surface area (Å²) in [5.41, 5.74) is 7.75. The Labute approximate surface area is 169 Å². The minimum Gasteiger partial charge on any atom is -0.241 e. The van der Waals surface area contributed by atoms with Gasteiger partial charge >= 0.3 is 0 Å². The van der Waals surface area contributed by atoms with Crippen LogP contribution in [-0.4, -0.2) is 4.98 Å². The van der Waals surface area contributed by atoms with Crippen molar-refractivity contribution in [1.82, 2.24) is 4.98 Å². The number of aryl methyl sites for hydroxylation is 1. The Morgan fingerprint density at radius 1 is 0.963 bits per heavy atom. The Kier molecular flexibility index (Phi) is 4.99. The average molecular weight is 382 g/mol. The number of nitrogens with zero attached hydrogens (tertiary/aromatic N) is 1. The lowest BCUT2D eigenvalue weighted by Crippen LogP contribution is -2.34. The first-order valence-electron chi connectivity index (χ1n) is 11.0. The van der Waals surface area contributed by atoms with Gasteiger partial charge in [0.25, 0.3) is 0 Å². The van der Waals surface area contributed by atoms with E-state index in [1.807, 2.05) is 11.3 Å². The number of hydrogen-bond donors (Lipinski definition) is 0. The molecule has 2 aliphatic rings. The molecular weight excluding hydrogens is 346 g/mol. The number of benzene rings is 1. The maximum Gasteiger partial charge on any atom is 0.0963 e. The van der Waals surface area contributed by atoms with E-state index < -0.39 is 0 Å². The van der Waals surface area contributed by atoms with E-state index in [1.165, 1.54) is 66.8 Å². The van der Waals surface area contributed by atoms with E-state index in [1.54, 1.807) is 11.1 Å². The van der Waals surface area contributed by atoms with E-state index in [0.717, 1.165) is 6.42 Å². The number of fused-ring (bicyclic) bond motifs is 1. The van der Waals surface area contributed by atoms with E-state index in [9.17, 15) is 0 Å². The smallest absolute Gasteiger partial charge is 0.0963 e. The summed E-state index contributed by atoms with van der Waals surface area (Å²) in [7, 11) is 0. The fourth-order valence-corrected chi connectivity index (χ4v) is 6.13. The molecule has 0 atom stereocenters. The van der Waals surface area contributed by atoms with E-state index in [0.29, 0.717) is 5.92 Å². The molecule has 1 heterocycles. The van der Waals surface area contributed by atoms with Crippen molar-refractivity contribution in [2.75, 3.05) is 0 Å². The molecule has 0 spiro atoms. The molecule has 0 N–H and O–H groups in total. The summed E-state index contributed by atoms with van der Waals surface area (Å²) in [4.78, 5) is 5.16. The quantitative estimate of drug-likeness (QED) is 0.529. The van der Waals surface area contributed by atoms with Crippen molar-refractivity contribution in [1.29, 1.82) is 0 Å². The SMILES string of the molecule is CCc1cc2c(cc1-c1csc(C3CCCCC3)n1)C(C)(C)CCC2(C)C. The van der Waals surface area contributed by atoms with Gasteiger partial charge in [0, 0.05) is 16.9 Å². The third kappa shape index (κ3) is 3.50. The molecule has 1 fully saturated rings. The summed E-state index contributed by atoms with van der Waals surface area (Å²) in [6.45, 7) is 12.0. The van der Waals surface area contributed by atoms with Gasteiger partial charge in [0.2, 0.25) is 0 Å². The largest absolute Gasteiger partial charge is 0.241 e. The molecule has 27 heavy (non-hydrogen) atoms. The molecule has 0 unspecified atom stereocenters. The van der Waals surface area contributed by atoms with Crippen LogP contribution in [0.4, 0.5) is 0 Å². The zero-order chi connectivity index (χ0) is 19.2. The first kappa shape index (κ1) is 19.2. The van der Waals surface area contributed by atoms with Gasteiger partial charge in [-0.15, -0.1) is 11.3 Å². The Bertz CT molecular complexity index is 821. The van der Waals surface area contributed by atoms with Gasteiger partial charge in [0.05, 0.1) is 10.7 Å². The normalized spacial score (nSPS) is 21.8. The summed E-state index contributed by atoms with van der Waals surface area (Å²) in [6, 6.07) is 5.03. The fraction of sp³-hybridized carbons (Fsp3) is 0.640. The summed E-state index contributed by atoms with van der Waals surface area (Å²) in [5.74, 6) is 0.704. The summed E-state index contributed by atoms with van der Waals surface area (Å²) < 4.78 is 0. The standard InChI is InChI=1S/C25H35NS/c1-6-17-14-20-21(25(4,5)13-12-24(20,2)3)15-19(17)22-16-27-23(26-22)18-10-8-7-9-11-18/h14-16,18H,6-13H2,1-5H3. The molecule has 0 amide bonds. The van der Waals surface area contributed by atoms with Crippen molar-refractivity contribution in [2.45, 2.75) is 103 Å². The molecule has 2 aromatic rings. The van der Waals surface area contributed by atoms with E-state index in [2.05, 4.69) is 52.1 Å². The predicted octanol–water partition coefficient (Wildman–Crippen LogP) is 7.77. The molecule has 1 nitrogen and oxygen atoms in total. The summed E-state index contributed by atoms with van der Waals surface area (Å²) >= 11 is 1.90. The molecule has 0 radical (unpaired) electrons. The molecule has 1 saturated carbocycles. The highest BCUT2D eigenvalue weighted by molar-refractivity contribution is 7.10. The molecule has 4 rings (SSSR count). The number of aromatic nitrogens is 1. The van der Waals surface area contributed by atoms with Crippen LogP contribution in [0.5, 0.6) is 0 Å². The van der Waals surface area contributed by atoms with Crippen LogP contribution < -0.4 is 0 Å². The Morgan fingerprint density at radius 3 is 2.22 bits per heavy atom. The Morgan fingerprint density at radius 2 is 1.59 bits per heavy atom. The maximum absolute atomic E-state index is 5.16. The summed E-state index contributed by atoms with van der Waals surface area (Å²) in [5, 5.41) is 3.70. The zero-order valence-electron chi connectivity index (χ0n) is 17.8. The molecule has 146 valence electrons. The molecule has 0 saturated heterocycles. The van der Waals surface area contributed by atoms with Gasteiger partial charge in [-0.05, 0) is 65.7 Å². The Hall–Kier alpha value is -1.15. The monoisotopic (exact) mass is 381 g/mol. The van der Waals surface area contributed by atoms with Crippen molar-refractivity contribution in [3.63, 3.8) is 0 Å². The molecule has 0 aliphatic heterocycles. The lowest BCUT2D eigenvalue weighted by Gasteiger charge is -2.42. The van der Waals surface area contributed by atoms with Crippen LogP contribution in [0.15, 0.2) is 17.5 Å². The molecule has 2 aliphatic carbocycles. The maximum atomic E-state index is 5.16. The molecule has 0 bridgehead atoms. The third-order valence-electron chi connectivity index (χ3n) is 7.21. The second-order valence-corrected chi connectivity index (χ2v) is 11.0. The van der Waals surface area contributed by atoms with Crippen LogP contribution in [0, 0.1) is 0 Å². The van der Waals surface area contributed by atoms with Crippen molar-refractivity contribution in [3.8, 4) is 11.3 Å². The van der Waals surface area contributed by atoms with Gasteiger partial charge in [0.15, 0.2) is 0 Å². The van der Waals surface area contributed by atoms with Crippen LogP contribution in [0.3, 0.4) is 0 Å². The van der Waals surface area contributed by atoms with Crippen LogP contribution in [0.2, 0.25) is 0 Å². The fourth-order valence-electron chi connectivity index (χ4n) is 5.14. The second kappa shape index (κ2) is 7.03. The van der Waals surface area contributed by atoms with Gasteiger partial charge in [-0.25, -0.2) is 4.98 Å². The van der Waals surface area contributed by atoms with Crippen LogP contribution >= 0.6 is 11.3 Å². The number of thiazole rings is 1. The van der Waals surface area contributed by atoms with E-state index >= 15 is 0 Å². The van der Waals surface area contributed by atoms with Crippen molar-refractivity contribution >= 4 is 11.3 Å². The van der Waals surface area contributed by atoms with Crippen LogP contribution in [-0.2, 0) is 17.3 Å². The van der Waals surface area contributed by atoms with E-state index in [4.69, 9.17) is 4.98 Å². The highest BCUT2D eigenvalue weighted by Gasteiger charge is 2.37. The Balaban J connectivity index is 1.78. The number of rotatable bonds is 3. The molecule has 1 aromatic carbocycles. The highest BCUT2D eigenvalue weighted by Crippen LogP contribution is 2.48. The second-order valence-electron chi connectivity index (χ2n) is 10.1. The van der Waals surface area contributed by atoms with Gasteiger partial charge in [-0.3, -0.25) is 0 Å². The zero-order valence-corrected chi connectivity index (χ0v) is 18.6. The van der Waals surface area contributed by atoms with Crippen LogP contribution in [0.25, 0.3) is 11.3 Å². The van der Waals surface area contributed by atoms with Crippen molar-refractivity contribution < 1.29 is 0 Å². The van der Waals surface area contributed by atoms with Crippen molar-refractivity contribution in [2.24, 2.45) is 0 Å².